The van der Waals surface area contributed by atoms with E-state index in [1.807, 2.05) is 0 Å². The van der Waals surface area contributed by atoms with Gasteiger partial charge in [-0.1, -0.05) is 0 Å². The Morgan fingerprint density at radius 3 is 2.38 bits per heavy atom. The molecule has 0 saturated carbocycles. The van der Waals surface area contributed by atoms with Crippen molar-refractivity contribution in [3.05, 3.63) is 77.7 Å². The smallest absolute Gasteiger partial charge is 0.291 e. The van der Waals surface area contributed by atoms with Gasteiger partial charge in [-0.05, 0) is 60.2 Å². The van der Waals surface area contributed by atoms with Crippen LogP contribution in [-0.2, 0) is 0 Å². The summed E-state index contributed by atoms with van der Waals surface area (Å²) in [7, 11) is 3.10. The molecule has 0 bridgehead atoms. The maximum atomic E-state index is 12.2. The van der Waals surface area contributed by atoms with Crippen LogP contribution in [0.4, 0.5) is 5.69 Å². The predicted molar refractivity (Wildman–Crippen MR) is 108 cm³/mol. The molecule has 0 saturated heterocycles. The molecule has 0 aliphatic heterocycles. The number of anilines is 1. The third-order valence-electron chi connectivity index (χ3n) is 3.94. The normalized spacial score (nSPS) is 10.6. The van der Waals surface area contributed by atoms with Crippen LogP contribution in [0.3, 0.4) is 0 Å². The van der Waals surface area contributed by atoms with Crippen molar-refractivity contribution < 1.29 is 23.5 Å². The first kappa shape index (κ1) is 19.7. The lowest BCUT2D eigenvalue weighted by Crippen LogP contribution is -2.17. The summed E-state index contributed by atoms with van der Waals surface area (Å²) < 4.78 is 15.4. The van der Waals surface area contributed by atoms with Gasteiger partial charge in [-0.15, -0.1) is 0 Å². The molecule has 3 aromatic rings. The molecule has 0 aliphatic rings. The van der Waals surface area contributed by atoms with Crippen molar-refractivity contribution in [2.75, 3.05) is 19.5 Å². The Morgan fingerprint density at radius 1 is 0.966 bits per heavy atom. The molecule has 0 unspecified atom stereocenters. The molecule has 2 amide bonds. The number of carbonyl (C=O) groups is 2. The molecule has 1 heterocycles. The zero-order valence-corrected chi connectivity index (χ0v) is 15.8. The Labute approximate surface area is 167 Å². The average Bonchev–Trinajstić information content (AvgIpc) is 3.29. The quantitative estimate of drug-likeness (QED) is 0.474. The van der Waals surface area contributed by atoms with Gasteiger partial charge in [0.15, 0.2) is 17.3 Å². The number of nitrogens with zero attached hydrogens (tertiary/aromatic N) is 1. The molecule has 0 spiro atoms. The number of amides is 2. The monoisotopic (exact) mass is 393 g/mol. The van der Waals surface area contributed by atoms with E-state index in [1.165, 1.54) is 12.5 Å². The van der Waals surface area contributed by atoms with Gasteiger partial charge in [0.25, 0.3) is 11.8 Å². The number of rotatable bonds is 7. The van der Waals surface area contributed by atoms with Crippen molar-refractivity contribution in [1.82, 2.24) is 5.43 Å². The molecule has 0 atom stereocenters. The van der Waals surface area contributed by atoms with Crippen LogP contribution >= 0.6 is 0 Å². The van der Waals surface area contributed by atoms with Crippen molar-refractivity contribution in [2.24, 2.45) is 5.10 Å². The van der Waals surface area contributed by atoms with E-state index in [0.29, 0.717) is 22.7 Å². The van der Waals surface area contributed by atoms with E-state index < -0.39 is 0 Å². The van der Waals surface area contributed by atoms with Gasteiger partial charge >= 0.3 is 0 Å². The Bertz CT molecular complexity index is 1010. The highest BCUT2D eigenvalue weighted by Crippen LogP contribution is 2.26. The fraction of sp³-hybridized carbons (Fsp3) is 0.0952. The first-order valence-corrected chi connectivity index (χ1v) is 8.61. The number of benzene rings is 2. The van der Waals surface area contributed by atoms with Gasteiger partial charge in [0, 0.05) is 11.3 Å². The van der Waals surface area contributed by atoms with E-state index in [1.54, 1.807) is 68.8 Å². The molecule has 0 aliphatic carbocycles. The number of nitrogens with one attached hydrogen (secondary N) is 2. The van der Waals surface area contributed by atoms with E-state index >= 15 is 0 Å². The number of methoxy groups -OCH3 is 2. The Kier molecular flexibility index (Phi) is 6.26. The van der Waals surface area contributed by atoms with E-state index in [0.717, 1.165) is 5.56 Å². The van der Waals surface area contributed by atoms with Crippen molar-refractivity contribution in [3.63, 3.8) is 0 Å². The van der Waals surface area contributed by atoms with Gasteiger partial charge in [-0.2, -0.15) is 5.10 Å². The minimum atomic E-state index is -0.384. The highest BCUT2D eigenvalue weighted by molar-refractivity contribution is 6.02. The maximum Gasteiger partial charge on any atom is 0.291 e. The molecule has 148 valence electrons. The summed E-state index contributed by atoms with van der Waals surface area (Å²) >= 11 is 0. The highest BCUT2D eigenvalue weighted by atomic mass is 16.5. The van der Waals surface area contributed by atoms with Gasteiger partial charge in [0.1, 0.15) is 0 Å². The second kappa shape index (κ2) is 9.23. The van der Waals surface area contributed by atoms with E-state index in [-0.39, 0.29) is 17.6 Å². The fourth-order valence-electron chi connectivity index (χ4n) is 2.47. The molecular weight excluding hydrogens is 374 g/mol. The van der Waals surface area contributed by atoms with E-state index in [4.69, 9.17) is 13.9 Å². The largest absolute Gasteiger partial charge is 0.493 e. The number of carbonyl (C=O) groups excluding carboxylic acids is 2. The highest BCUT2D eigenvalue weighted by Gasteiger charge is 2.10. The van der Waals surface area contributed by atoms with E-state index in [2.05, 4.69) is 15.8 Å². The number of ether oxygens (including phenoxy) is 2. The zero-order valence-electron chi connectivity index (χ0n) is 15.8. The first-order chi connectivity index (χ1) is 14.1. The van der Waals surface area contributed by atoms with Crippen LogP contribution in [0.5, 0.6) is 11.5 Å². The number of hydrazone groups is 1. The molecule has 0 fully saturated rings. The number of hydrogen-bond donors (Lipinski definition) is 2. The van der Waals surface area contributed by atoms with Crippen LogP contribution in [0.1, 0.15) is 26.5 Å². The van der Waals surface area contributed by atoms with Gasteiger partial charge < -0.3 is 19.2 Å². The van der Waals surface area contributed by atoms with Crippen LogP contribution in [0, 0.1) is 0 Å². The predicted octanol–water partition coefficient (Wildman–Crippen LogP) is 3.31. The molecule has 0 radical (unpaired) electrons. The molecule has 8 nitrogen and oxygen atoms in total. The summed E-state index contributed by atoms with van der Waals surface area (Å²) in [4.78, 5) is 24.1. The number of furan rings is 1. The van der Waals surface area contributed by atoms with Crippen molar-refractivity contribution in [3.8, 4) is 11.5 Å². The average molecular weight is 393 g/mol. The lowest BCUT2D eigenvalue weighted by molar-refractivity contribution is 0.0954. The Morgan fingerprint density at radius 2 is 1.72 bits per heavy atom. The summed E-state index contributed by atoms with van der Waals surface area (Å²) in [5.74, 6) is 0.622. The van der Waals surface area contributed by atoms with Crippen LogP contribution in [0.25, 0.3) is 0 Å². The topological polar surface area (TPSA) is 102 Å². The SMILES string of the molecule is COc1ccc(/C=N\NC(=O)c2ccc(NC(=O)c3ccco3)cc2)cc1OC. The van der Waals surface area contributed by atoms with Crippen LogP contribution in [0.15, 0.2) is 70.4 Å². The van der Waals surface area contributed by atoms with Gasteiger partial charge in [0.05, 0.1) is 26.7 Å². The summed E-state index contributed by atoms with van der Waals surface area (Å²) in [6.07, 6.45) is 2.92. The van der Waals surface area contributed by atoms with Crippen molar-refractivity contribution in [1.29, 1.82) is 0 Å². The lowest BCUT2D eigenvalue weighted by Gasteiger charge is -2.07. The van der Waals surface area contributed by atoms with Gasteiger partial charge in [-0.3, -0.25) is 9.59 Å². The molecule has 8 heteroatoms. The molecular formula is C21H19N3O5. The number of hydrogen-bond acceptors (Lipinski definition) is 6. The minimum Gasteiger partial charge on any atom is -0.493 e. The molecule has 2 aromatic carbocycles. The minimum absolute atomic E-state index is 0.205. The van der Waals surface area contributed by atoms with Crippen molar-refractivity contribution >= 4 is 23.7 Å². The molecule has 29 heavy (non-hydrogen) atoms. The standard InChI is InChI=1S/C21H19N3O5/c1-27-17-10-5-14(12-19(17)28-2)13-22-24-20(25)15-6-8-16(9-7-15)23-21(26)18-4-3-11-29-18/h3-13H,1-2H3,(H,23,26)(H,24,25)/b22-13-. The van der Waals surface area contributed by atoms with Crippen LogP contribution in [-0.4, -0.2) is 32.2 Å². The summed E-state index contributed by atoms with van der Waals surface area (Å²) in [6.45, 7) is 0. The van der Waals surface area contributed by atoms with Crippen LogP contribution < -0.4 is 20.2 Å². The van der Waals surface area contributed by atoms with Gasteiger partial charge in [-0.25, -0.2) is 5.43 Å². The third-order valence-corrected chi connectivity index (χ3v) is 3.94. The fourth-order valence-corrected chi connectivity index (χ4v) is 2.47. The van der Waals surface area contributed by atoms with E-state index in [9.17, 15) is 9.59 Å². The first-order valence-electron chi connectivity index (χ1n) is 8.61. The molecule has 3 rings (SSSR count). The Hall–Kier alpha value is -4.07. The molecule has 2 N–H and O–H groups in total. The summed E-state index contributed by atoms with van der Waals surface area (Å²) in [6, 6.07) is 14.9. The summed E-state index contributed by atoms with van der Waals surface area (Å²) in [5.41, 5.74) is 4.12. The molecule has 1 aromatic heterocycles. The second-order valence-corrected chi connectivity index (χ2v) is 5.82. The van der Waals surface area contributed by atoms with Crippen molar-refractivity contribution in [2.45, 2.75) is 0 Å². The Balaban J connectivity index is 1.58. The van der Waals surface area contributed by atoms with Crippen LogP contribution in [0.2, 0.25) is 0 Å². The second-order valence-electron chi connectivity index (χ2n) is 5.82. The third kappa shape index (κ3) is 5.01. The van der Waals surface area contributed by atoms with Gasteiger partial charge in [0.2, 0.25) is 0 Å². The summed E-state index contributed by atoms with van der Waals surface area (Å²) in [5, 5.41) is 6.63. The maximum absolute atomic E-state index is 12.2. The zero-order chi connectivity index (χ0) is 20.6. The lowest BCUT2D eigenvalue weighted by atomic mass is 10.2.